The molecule has 1 aromatic heterocycles. The predicted octanol–water partition coefficient (Wildman–Crippen LogP) is 0.355. The first-order valence-corrected chi connectivity index (χ1v) is 5.52. The van der Waals surface area contributed by atoms with Crippen LogP contribution in [0.2, 0.25) is 0 Å². The third-order valence-corrected chi connectivity index (χ3v) is 3.15. The van der Waals surface area contributed by atoms with E-state index >= 15 is 0 Å². The molecule has 0 saturated carbocycles. The molecule has 1 fully saturated rings. The van der Waals surface area contributed by atoms with Gasteiger partial charge in [-0.25, -0.2) is 0 Å². The molecule has 0 aliphatic carbocycles. The van der Waals surface area contributed by atoms with E-state index in [-0.39, 0.29) is 0 Å². The maximum absolute atomic E-state index is 3.44. The molecule has 0 aromatic carbocycles. The molecule has 1 saturated heterocycles. The van der Waals surface area contributed by atoms with Crippen LogP contribution in [0, 0.1) is 0 Å². The van der Waals surface area contributed by atoms with E-state index in [1.165, 1.54) is 5.69 Å². The number of hydrogen-bond acceptors (Lipinski definition) is 3. The molecule has 1 atom stereocenters. The molecule has 4 nitrogen and oxygen atoms in total. The van der Waals surface area contributed by atoms with Crippen molar-refractivity contribution in [2.45, 2.75) is 6.04 Å². The highest BCUT2D eigenvalue weighted by atomic mass is 15.2. The second kappa shape index (κ2) is 4.68. The molecule has 1 aromatic rings. The molecule has 15 heavy (non-hydrogen) atoms. The predicted molar refractivity (Wildman–Crippen MR) is 63.4 cm³/mol. The zero-order valence-corrected chi connectivity index (χ0v) is 9.53. The van der Waals surface area contributed by atoms with Crippen LogP contribution in [0.25, 0.3) is 0 Å². The lowest BCUT2D eigenvalue weighted by atomic mass is 10.2. The van der Waals surface area contributed by atoms with Crippen LogP contribution in [-0.2, 0) is 0 Å². The van der Waals surface area contributed by atoms with Crippen molar-refractivity contribution in [1.29, 1.82) is 0 Å². The Balaban J connectivity index is 1.90. The van der Waals surface area contributed by atoms with Crippen molar-refractivity contribution >= 4 is 5.69 Å². The topological polar surface area (TPSA) is 34.3 Å². The van der Waals surface area contributed by atoms with E-state index in [1.807, 2.05) is 12.4 Å². The van der Waals surface area contributed by atoms with Gasteiger partial charge in [0.25, 0.3) is 0 Å². The quantitative estimate of drug-likeness (QED) is 0.752. The fourth-order valence-corrected chi connectivity index (χ4v) is 2.04. The molecule has 0 amide bonds. The van der Waals surface area contributed by atoms with Crippen LogP contribution in [0.1, 0.15) is 0 Å². The molecule has 2 N–H and O–H groups in total. The van der Waals surface area contributed by atoms with E-state index in [9.17, 15) is 0 Å². The van der Waals surface area contributed by atoms with E-state index in [2.05, 4.69) is 40.3 Å². The summed E-state index contributed by atoms with van der Waals surface area (Å²) in [6, 6.07) is 2.72. The molecule has 2 rings (SSSR count). The minimum absolute atomic E-state index is 0.610. The van der Waals surface area contributed by atoms with Crippen LogP contribution in [-0.4, -0.2) is 56.2 Å². The van der Waals surface area contributed by atoms with E-state index < -0.39 is 0 Å². The van der Waals surface area contributed by atoms with Crippen molar-refractivity contribution in [2.75, 3.05) is 45.2 Å². The summed E-state index contributed by atoms with van der Waals surface area (Å²) < 4.78 is 0. The number of anilines is 1. The van der Waals surface area contributed by atoms with Gasteiger partial charge in [0.05, 0.1) is 5.69 Å². The summed E-state index contributed by atoms with van der Waals surface area (Å²) in [6.45, 7) is 4.42. The monoisotopic (exact) mass is 208 g/mol. The second-order valence-corrected chi connectivity index (χ2v) is 4.29. The van der Waals surface area contributed by atoms with Crippen LogP contribution in [0.5, 0.6) is 0 Å². The number of aromatic nitrogens is 1. The molecule has 84 valence electrons. The maximum Gasteiger partial charge on any atom is 0.0541 e. The van der Waals surface area contributed by atoms with Crippen LogP contribution in [0.4, 0.5) is 5.69 Å². The van der Waals surface area contributed by atoms with Crippen LogP contribution >= 0.6 is 0 Å². The van der Waals surface area contributed by atoms with Gasteiger partial charge in [0.15, 0.2) is 0 Å². The van der Waals surface area contributed by atoms with Gasteiger partial charge in [0, 0.05) is 51.7 Å². The first-order valence-electron chi connectivity index (χ1n) is 5.52. The summed E-state index contributed by atoms with van der Waals surface area (Å²) >= 11 is 0. The van der Waals surface area contributed by atoms with Gasteiger partial charge in [-0.1, -0.05) is 0 Å². The lowest BCUT2D eigenvalue weighted by molar-refractivity contribution is 0.204. The highest BCUT2D eigenvalue weighted by Crippen LogP contribution is 2.12. The molecule has 0 bridgehead atoms. The van der Waals surface area contributed by atoms with E-state index in [0.29, 0.717) is 6.04 Å². The molecule has 1 unspecified atom stereocenters. The fraction of sp³-hybridized carbons (Fsp3) is 0.636. The lowest BCUT2D eigenvalue weighted by Gasteiger charge is -2.35. The van der Waals surface area contributed by atoms with Gasteiger partial charge in [-0.05, 0) is 13.1 Å². The molecule has 2 heterocycles. The molecule has 0 spiro atoms. The summed E-state index contributed by atoms with van der Waals surface area (Å²) in [7, 11) is 4.35. The Morgan fingerprint density at radius 1 is 1.60 bits per heavy atom. The molecular weight excluding hydrogens is 188 g/mol. The number of H-pyrrole nitrogens is 1. The highest BCUT2D eigenvalue weighted by molar-refractivity contribution is 5.43. The zero-order chi connectivity index (χ0) is 10.7. The van der Waals surface area contributed by atoms with Crippen molar-refractivity contribution < 1.29 is 0 Å². The van der Waals surface area contributed by atoms with Crippen LogP contribution < -0.4 is 10.2 Å². The normalized spacial score (nSPS) is 22.9. The first kappa shape index (κ1) is 10.5. The van der Waals surface area contributed by atoms with Crippen molar-refractivity contribution in [3.05, 3.63) is 18.5 Å². The lowest BCUT2D eigenvalue weighted by Crippen LogP contribution is -2.53. The summed E-state index contributed by atoms with van der Waals surface area (Å²) in [5.41, 5.74) is 1.26. The zero-order valence-electron chi connectivity index (χ0n) is 9.53. The Labute approximate surface area is 91.3 Å². The summed E-state index contributed by atoms with van der Waals surface area (Å²) in [5, 5.41) is 3.44. The third kappa shape index (κ3) is 2.52. The standard InChI is InChI=1S/C11H20N4/c1-14-6-5-13-8-11(14)9-15(2)10-3-4-12-7-10/h3-4,7,11-13H,5-6,8-9H2,1-2H3. The summed E-state index contributed by atoms with van der Waals surface area (Å²) in [6.07, 6.45) is 4.00. The average Bonchev–Trinajstić information content (AvgIpc) is 2.74. The Morgan fingerprint density at radius 2 is 2.47 bits per heavy atom. The Bertz CT molecular complexity index is 283. The Hall–Kier alpha value is -1.00. The van der Waals surface area contributed by atoms with Gasteiger partial charge < -0.3 is 15.2 Å². The van der Waals surface area contributed by atoms with Gasteiger partial charge in [-0.2, -0.15) is 0 Å². The van der Waals surface area contributed by atoms with Crippen LogP contribution in [0.3, 0.4) is 0 Å². The van der Waals surface area contributed by atoms with E-state index in [4.69, 9.17) is 0 Å². The Kier molecular flexibility index (Phi) is 3.28. The minimum atomic E-state index is 0.610. The number of nitrogens with zero attached hydrogens (tertiary/aromatic N) is 2. The highest BCUT2D eigenvalue weighted by Gasteiger charge is 2.19. The van der Waals surface area contributed by atoms with Crippen molar-refractivity contribution in [1.82, 2.24) is 15.2 Å². The summed E-state index contributed by atoms with van der Waals surface area (Å²) in [4.78, 5) is 7.81. The number of hydrogen-bond donors (Lipinski definition) is 2. The van der Waals surface area contributed by atoms with E-state index in [1.54, 1.807) is 0 Å². The van der Waals surface area contributed by atoms with Crippen molar-refractivity contribution in [3.8, 4) is 0 Å². The second-order valence-electron chi connectivity index (χ2n) is 4.29. The van der Waals surface area contributed by atoms with Crippen molar-refractivity contribution in [2.24, 2.45) is 0 Å². The Morgan fingerprint density at radius 3 is 3.13 bits per heavy atom. The minimum Gasteiger partial charge on any atom is -0.372 e. The largest absolute Gasteiger partial charge is 0.372 e. The smallest absolute Gasteiger partial charge is 0.0541 e. The number of likely N-dealkylation sites (N-methyl/N-ethyl adjacent to an activating group) is 2. The molecule has 1 aliphatic heterocycles. The van der Waals surface area contributed by atoms with E-state index in [0.717, 1.165) is 26.2 Å². The number of rotatable bonds is 3. The van der Waals surface area contributed by atoms with Gasteiger partial charge >= 0.3 is 0 Å². The molecule has 0 radical (unpaired) electrons. The van der Waals surface area contributed by atoms with Crippen molar-refractivity contribution in [3.63, 3.8) is 0 Å². The fourth-order valence-electron chi connectivity index (χ4n) is 2.04. The van der Waals surface area contributed by atoms with Gasteiger partial charge in [-0.15, -0.1) is 0 Å². The number of piperazine rings is 1. The SMILES string of the molecule is CN(CC1CNCCN1C)c1cc[nH]c1. The summed E-state index contributed by atoms with van der Waals surface area (Å²) in [5.74, 6) is 0. The van der Waals surface area contributed by atoms with Gasteiger partial charge in [0.2, 0.25) is 0 Å². The third-order valence-electron chi connectivity index (χ3n) is 3.15. The van der Waals surface area contributed by atoms with Gasteiger partial charge in [0.1, 0.15) is 0 Å². The molecule has 4 heteroatoms. The molecular formula is C11H20N4. The maximum atomic E-state index is 3.44. The van der Waals surface area contributed by atoms with Gasteiger partial charge in [-0.3, -0.25) is 4.90 Å². The molecule has 1 aliphatic rings. The average molecular weight is 208 g/mol. The van der Waals surface area contributed by atoms with Crippen LogP contribution in [0.15, 0.2) is 18.5 Å². The number of nitrogens with one attached hydrogen (secondary N) is 2. The number of aromatic amines is 1. The first-order chi connectivity index (χ1) is 7.27.